The lowest BCUT2D eigenvalue weighted by Gasteiger charge is -2.36. The topological polar surface area (TPSA) is 50.4 Å². The molecule has 2 aliphatic rings. The van der Waals surface area contributed by atoms with E-state index in [0.29, 0.717) is 6.42 Å². The molecule has 1 atom stereocenters. The van der Waals surface area contributed by atoms with Crippen LogP contribution in [0.1, 0.15) is 18.4 Å². The van der Waals surface area contributed by atoms with Gasteiger partial charge >= 0.3 is 6.09 Å². The van der Waals surface area contributed by atoms with Crippen LogP contribution in [0.4, 0.5) is 9.18 Å². The Balaban J connectivity index is 1.78. The van der Waals surface area contributed by atoms with E-state index in [2.05, 4.69) is 10.6 Å². The number of alkyl carbamates (subject to hydrolysis) is 1. The molecule has 2 aliphatic heterocycles. The average molecular weight is 264 g/mol. The number of benzene rings is 1. The third-order valence-electron chi connectivity index (χ3n) is 4.03. The van der Waals surface area contributed by atoms with Gasteiger partial charge in [0.1, 0.15) is 11.4 Å². The molecule has 1 amide bonds. The van der Waals surface area contributed by atoms with Crippen LogP contribution in [0.25, 0.3) is 0 Å². The summed E-state index contributed by atoms with van der Waals surface area (Å²) >= 11 is 0. The molecule has 0 bridgehead atoms. The van der Waals surface area contributed by atoms with Crippen LogP contribution in [0.15, 0.2) is 24.3 Å². The third kappa shape index (κ3) is 2.42. The molecular weight excluding hydrogens is 247 g/mol. The molecule has 19 heavy (non-hydrogen) atoms. The van der Waals surface area contributed by atoms with Crippen LogP contribution in [0.2, 0.25) is 0 Å². The number of rotatable bonds is 2. The summed E-state index contributed by atoms with van der Waals surface area (Å²) in [4.78, 5) is 11.6. The lowest BCUT2D eigenvalue weighted by Crippen LogP contribution is -2.51. The molecule has 102 valence electrons. The van der Waals surface area contributed by atoms with Crippen LogP contribution in [-0.2, 0) is 11.2 Å². The molecule has 2 N–H and O–H groups in total. The SMILES string of the molecule is O=C1NC(Cc2ccc(F)cc2)C2(CCNCC2)O1. The van der Waals surface area contributed by atoms with Crippen molar-refractivity contribution in [3.8, 4) is 0 Å². The average Bonchev–Trinajstić information content (AvgIpc) is 2.69. The first kappa shape index (κ1) is 12.4. The molecule has 0 radical (unpaired) electrons. The summed E-state index contributed by atoms with van der Waals surface area (Å²) in [5.74, 6) is -0.243. The highest BCUT2D eigenvalue weighted by atomic mass is 19.1. The monoisotopic (exact) mass is 264 g/mol. The molecular formula is C14H17FN2O2. The number of carbonyl (C=O) groups excluding carboxylic acids is 1. The zero-order chi connectivity index (χ0) is 13.3. The molecule has 1 spiro atoms. The summed E-state index contributed by atoms with van der Waals surface area (Å²) in [5, 5.41) is 6.17. The third-order valence-corrected chi connectivity index (χ3v) is 4.03. The first-order valence-corrected chi connectivity index (χ1v) is 6.63. The number of hydrogen-bond acceptors (Lipinski definition) is 3. The molecule has 0 aromatic heterocycles. The number of hydrogen-bond donors (Lipinski definition) is 2. The molecule has 2 fully saturated rings. The molecule has 2 heterocycles. The van der Waals surface area contributed by atoms with E-state index < -0.39 is 5.60 Å². The molecule has 5 heteroatoms. The molecule has 4 nitrogen and oxygen atoms in total. The molecule has 1 aromatic carbocycles. The van der Waals surface area contributed by atoms with E-state index in [1.54, 1.807) is 12.1 Å². The van der Waals surface area contributed by atoms with Gasteiger partial charge in [0.05, 0.1) is 6.04 Å². The Morgan fingerprint density at radius 3 is 2.63 bits per heavy atom. The first-order valence-electron chi connectivity index (χ1n) is 6.63. The van der Waals surface area contributed by atoms with Crippen molar-refractivity contribution in [1.82, 2.24) is 10.6 Å². The van der Waals surface area contributed by atoms with Gasteiger partial charge in [-0.3, -0.25) is 0 Å². The fourth-order valence-electron chi connectivity index (χ4n) is 2.95. The van der Waals surface area contributed by atoms with E-state index >= 15 is 0 Å². The summed E-state index contributed by atoms with van der Waals surface area (Å²) in [7, 11) is 0. The molecule has 1 aromatic rings. The van der Waals surface area contributed by atoms with Crippen molar-refractivity contribution in [3.05, 3.63) is 35.6 Å². The molecule has 1 unspecified atom stereocenters. The summed E-state index contributed by atoms with van der Waals surface area (Å²) in [5.41, 5.74) is 0.603. The largest absolute Gasteiger partial charge is 0.441 e. The van der Waals surface area contributed by atoms with Crippen LogP contribution >= 0.6 is 0 Å². The van der Waals surface area contributed by atoms with Gasteiger partial charge in [-0.1, -0.05) is 12.1 Å². The zero-order valence-corrected chi connectivity index (χ0v) is 10.6. The number of amides is 1. The van der Waals surface area contributed by atoms with Crippen molar-refractivity contribution in [2.45, 2.75) is 30.9 Å². The normalized spacial score (nSPS) is 25.1. The van der Waals surface area contributed by atoms with Gasteiger partial charge in [0, 0.05) is 12.8 Å². The van der Waals surface area contributed by atoms with Crippen LogP contribution in [-0.4, -0.2) is 30.8 Å². The van der Waals surface area contributed by atoms with E-state index in [1.165, 1.54) is 12.1 Å². The number of carbonyl (C=O) groups is 1. The number of halogens is 1. The van der Waals surface area contributed by atoms with Crippen molar-refractivity contribution in [1.29, 1.82) is 0 Å². The Kier molecular flexibility index (Phi) is 3.14. The molecule has 2 saturated heterocycles. The maximum absolute atomic E-state index is 12.9. The zero-order valence-electron chi connectivity index (χ0n) is 10.6. The highest BCUT2D eigenvalue weighted by molar-refractivity contribution is 5.71. The number of nitrogens with one attached hydrogen (secondary N) is 2. The predicted octanol–water partition coefficient (Wildman–Crippen LogP) is 1.60. The smallest absolute Gasteiger partial charge is 0.408 e. The lowest BCUT2D eigenvalue weighted by atomic mass is 9.82. The highest BCUT2D eigenvalue weighted by Gasteiger charge is 2.49. The maximum atomic E-state index is 12.9. The molecule has 0 saturated carbocycles. The quantitative estimate of drug-likeness (QED) is 0.853. The minimum absolute atomic E-state index is 0.0347. The van der Waals surface area contributed by atoms with Crippen LogP contribution < -0.4 is 10.6 Å². The second-order valence-electron chi connectivity index (χ2n) is 5.23. The predicted molar refractivity (Wildman–Crippen MR) is 68.3 cm³/mol. The van der Waals surface area contributed by atoms with Crippen molar-refractivity contribution >= 4 is 6.09 Å². The number of piperidine rings is 1. The fraction of sp³-hybridized carbons (Fsp3) is 0.500. The van der Waals surface area contributed by atoms with Gasteiger partial charge in [-0.25, -0.2) is 9.18 Å². The van der Waals surface area contributed by atoms with Gasteiger partial charge in [-0.2, -0.15) is 0 Å². The van der Waals surface area contributed by atoms with Crippen LogP contribution in [0.5, 0.6) is 0 Å². The summed E-state index contributed by atoms with van der Waals surface area (Å²) in [6.45, 7) is 1.71. The molecule has 3 rings (SSSR count). The summed E-state index contributed by atoms with van der Waals surface area (Å²) < 4.78 is 18.4. The van der Waals surface area contributed by atoms with E-state index in [1.807, 2.05) is 0 Å². The lowest BCUT2D eigenvalue weighted by molar-refractivity contribution is 0.0103. The fourth-order valence-corrected chi connectivity index (χ4v) is 2.95. The Morgan fingerprint density at radius 1 is 1.26 bits per heavy atom. The van der Waals surface area contributed by atoms with Crippen molar-refractivity contribution < 1.29 is 13.9 Å². The summed E-state index contributed by atoms with van der Waals surface area (Å²) in [6.07, 6.45) is 1.97. The Hall–Kier alpha value is -1.62. The van der Waals surface area contributed by atoms with Gasteiger partial charge < -0.3 is 15.4 Å². The number of ether oxygens (including phenoxy) is 1. The second-order valence-corrected chi connectivity index (χ2v) is 5.23. The van der Waals surface area contributed by atoms with Gasteiger partial charge in [0.25, 0.3) is 0 Å². The van der Waals surface area contributed by atoms with Crippen molar-refractivity contribution in [3.63, 3.8) is 0 Å². The van der Waals surface area contributed by atoms with Crippen LogP contribution in [0.3, 0.4) is 0 Å². The maximum Gasteiger partial charge on any atom is 0.408 e. The minimum atomic E-state index is -0.406. The van der Waals surface area contributed by atoms with Crippen LogP contribution in [0, 0.1) is 5.82 Å². The van der Waals surface area contributed by atoms with Crippen molar-refractivity contribution in [2.24, 2.45) is 0 Å². The van der Waals surface area contributed by atoms with E-state index in [9.17, 15) is 9.18 Å². The summed E-state index contributed by atoms with van der Waals surface area (Å²) in [6, 6.07) is 6.38. The van der Waals surface area contributed by atoms with Gasteiger partial charge in [-0.15, -0.1) is 0 Å². The Morgan fingerprint density at radius 2 is 1.95 bits per heavy atom. The van der Waals surface area contributed by atoms with Gasteiger partial charge in [-0.05, 0) is 37.2 Å². The van der Waals surface area contributed by atoms with Gasteiger partial charge in [0.2, 0.25) is 0 Å². The molecule has 0 aliphatic carbocycles. The van der Waals surface area contributed by atoms with E-state index in [0.717, 1.165) is 31.5 Å². The standard InChI is InChI=1S/C14H17FN2O2/c15-11-3-1-10(2-4-11)9-12-14(19-13(18)17-12)5-7-16-8-6-14/h1-4,12,16H,5-9H2,(H,17,18). The Bertz CT molecular complexity index is 469. The second kappa shape index (κ2) is 4.81. The van der Waals surface area contributed by atoms with Crippen molar-refractivity contribution in [2.75, 3.05) is 13.1 Å². The van der Waals surface area contributed by atoms with E-state index in [-0.39, 0.29) is 18.0 Å². The van der Waals surface area contributed by atoms with Gasteiger partial charge in [0.15, 0.2) is 0 Å². The first-order chi connectivity index (χ1) is 9.18. The minimum Gasteiger partial charge on any atom is -0.441 e. The highest BCUT2D eigenvalue weighted by Crippen LogP contribution is 2.33. The Labute approximate surface area is 111 Å². The van der Waals surface area contributed by atoms with E-state index in [4.69, 9.17) is 4.74 Å².